The maximum atomic E-state index is 12.5. The molecular formula is C29H28N6O. The van der Waals surface area contributed by atoms with Gasteiger partial charge in [-0.2, -0.15) is 5.10 Å². The van der Waals surface area contributed by atoms with E-state index in [-0.39, 0.29) is 5.91 Å². The predicted octanol–water partition coefficient (Wildman–Crippen LogP) is 4.51. The Bertz CT molecular complexity index is 1420. The number of benzene rings is 3. The van der Waals surface area contributed by atoms with Gasteiger partial charge in [0.15, 0.2) is 5.65 Å². The first-order valence-electron chi connectivity index (χ1n) is 12.1. The highest BCUT2D eigenvalue weighted by atomic mass is 16.1. The second-order valence-electron chi connectivity index (χ2n) is 8.58. The van der Waals surface area contributed by atoms with E-state index in [1.165, 1.54) is 11.1 Å². The molecule has 3 aromatic carbocycles. The van der Waals surface area contributed by atoms with Crippen LogP contribution in [0.15, 0.2) is 97.5 Å². The summed E-state index contributed by atoms with van der Waals surface area (Å²) in [6, 6.07) is 28.7. The molecule has 0 atom stereocenters. The summed E-state index contributed by atoms with van der Waals surface area (Å²) in [7, 11) is 0. The number of carbonyl (C=O) groups excluding carboxylic acids is 1. The average Bonchev–Trinajstić information content (AvgIpc) is 3.34. The largest absolute Gasteiger partial charge is 0.369 e. The van der Waals surface area contributed by atoms with Gasteiger partial charge in [0.25, 0.3) is 0 Å². The first-order valence-corrected chi connectivity index (χ1v) is 12.1. The Morgan fingerprint density at radius 1 is 0.778 bits per heavy atom. The van der Waals surface area contributed by atoms with Gasteiger partial charge in [-0.25, -0.2) is 14.6 Å². The van der Waals surface area contributed by atoms with Crippen molar-refractivity contribution in [3.05, 3.63) is 109 Å². The van der Waals surface area contributed by atoms with Crippen molar-refractivity contribution < 1.29 is 4.79 Å². The SMILES string of the molecule is O=C(Cc1ccc(-c2ccccc2)cc1)NCCn1ncc2c(NCCc3ccccc3)ncnc21. The Kier molecular flexibility index (Phi) is 7.27. The summed E-state index contributed by atoms with van der Waals surface area (Å²) in [6.07, 6.45) is 4.56. The van der Waals surface area contributed by atoms with Gasteiger partial charge in [-0.15, -0.1) is 0 Å². The second-order valence-corrected chi connectivity index (χ2v) is 8.58. The summed E-state index contributed by atoms with van der Waals surface area (Å²) in [6.45, 7) is 1.77. The van der Waals surface area contributed by atoms with Gasteiger partial charge in [0, 0.05) is 13.1 Å². The van der Waals surface area contributed by atoms with Gasteiger partial charge in [-0.1, -0.05) is 84.9 Å². The lowest BCUT2D eigenvalue weighted by Crippen LogP contribution is -2.28. The molecule has 0 radical (unpaired) electrons. The fourth-order valence-electron chi connectivity index (χ4n) is 4.16. The van der Waals surface area contributed by atoms with E-state index in [2.05, 4.69) is 62.1 Å². The molecule has 0 bridgehead atoms. The first-order chi connectivity index (χ1) is 17.8. The molecule has 180 valence electrons. The van der Waals surface area contributed by atoms with Gasteiger partial charge in [-0.3, -0.25) is 4.79 Å². The summed E-state index contributed by atoms with van der Waals surface area (Å²) < 4.78 is 1.80. The third-order valence-corrected chi connectivity index (χ3v) is 6.05. The van der Waals surface area contributed by atoms with E-state index in [9.17, 15) is 4.79 Å². The molecule has 2 aromatic heterocycles. The zero-order valence-corrected chi connectivity index (χ0v) is 20.0. The Balaban J connectivity index is 1.12. The normalized spacial score (nSPS) is 10.9. The number of amides is 1. The minimum Gasteiger partial charge on any atom is -0.369 e. The van der Waals surface area contributed by atoms with E-state index in [1.54, 1.807) is 17.2 Å². The van der Waals surface area contributed by atoms with Crippen LogP contribution in [0.1, 0.15) is 11.1 Å². The van der Waals surface area contributed by atoms with Crippen LogP contribution in [-0.4, -0.2) is 38.7 Å². The number of nitrogens with zero attached hydrogens (tertiary/aromatic N) is 4. The number of nitrogens with one attached hydrogen (secondary N) is 2. The number of hydrogen-bond acceptors (Lipinski definition) is 5. The van der Waals surface area contributed by atoms with Gasteiger partial charge in [0.1, 0.15) is 12.1 Å². The summed E-state index contributed by atoms with van der Waals surface area (Å²) in [4.78, 5) is 21.3. The van der Waals surface area contributed by atoms with Crippen LogP contribution in [0.5, 0.6) is 0 Å². The van der Waals surface area contributed by atoms with E-state index >= 15 is 0 Å². The zero-order valence-electron chi connectivity index (χ0n) is 20.0. The highest BCUT2D eigenvalue weighted by Gasteiger charge is 2.10. The molecule has 7 nitrogen and oxygen atoms in total. The molecule has 0 aliphatic rings. The van der Waals surface area contributed by atoms with Crippen LogP contribution < -0.4 is 10.6 Å². The summed E-state index contributed by atoms with van der Waals surface area (Å²) >= 11 is 0. The van der Waals surface area contributed by atoms with Gasteiger partial charge in [-0.05, 0) is 28.7 Å². The Morgan fingerprint density at radius 2 is 1.50 bits per heavy atom. The molecule has 0 spiro atoms. The molecule has 0 aliphatic heterocycles. The van der Waals surface area contributed by atoms with Crippen LogP contribution in [0.2, 0.25) is 0 Å². The number of fused-ring (bicyclic) bond motifs is 1. The Labute approximate surface area is 210 Å². The third kappa shape index (κ3) is 5.75. The molecule has 0 saturated heterocycles. The standard InChI is InChI=1S/C29H28N6O/c36-27(19-23-11-13-25(14-12-23)24-9-5-2-6-10-24)30-17-18-35-29-26(20-34-35)28(32-21-33-29)31-16-15-22-7-3-1-4-8-22/h1-14,20-21H,15-19H2,(H,30,36)(H,31,32,33). The minimum absolute atomic E-state index is 0.0168. The smallest absolute Gasteiger partial charge is 0.224 e. The molecule has 36 heavy (non-hydrogen) atoms. The van der Waals surface area contributed by atoms with Crippen molar-refractivity contribution in [3.63, 3.8) is 0 Å². The van der Waals surface area contributed by atoms with Crippen molar-refractivity contribution in [1.29, 1.82) is 0 Å². The molecular weight excluding hydrogens is 448 g/mol. The summed E-state index contributed by atoms with van der Waals surface area (Å²) in [5, 5.41) is 11.7. The first kappa shape index (κ1) is 23.2. The molecule has 1 amide bonds. The summed E-state index contributed by atoms with van der Waals surface area (Å²) in [5.74, 6) is 0.752. The van der Waals surface area contributed by atoms with Gasteiger partial charge < -0.3 is 10.6 Å². The van der Waals surface area contributed by atoms with Crippen molar-refractivity contribution in [2.75, 3.05) is 18.4 Å². The Morgan fingerprint density at radius 3 is 2.28 bits per heavy atom. The van der Waals surface area contributed by atoms with Crippen LogP contribution >= 0.6 is 0 Å². The van der Waals surface area contributed by atoms with E-state index < -0.39 is 0 Å². The topological polar surface area (TPSA) is 84.7 Å². The number of hydrogen-bond donors (Lipinski definition) is 2. The van der Waals surface area contributed by atoms with E-state index in [4.69, 9.17) is 0 Å². The Hall–Kier alpha value is -4.52. The highest BCUT2D eigenvalue weighted by molar-refractivity contribution is 5.86. The summed E-state index contributed by atoms with van der Waals surface area (Å²) in [5.41, 5.74) is 5.31. The predicted molar refractivity (Wildman–Crippen MR) is 143 cm³/mol. The van der Waals surface area contributed by atoms with Crippen molar-refractivity contribution in [2.45, 2.75) is 19.4 Å². The van der Waals surface area contributed by atoms with Gasteiger partial charge in [0.05, 0.1) is 24.5 Å². The number of rotatable bonds is 10. The molecule has 7 heteroatoms. The molecule has 0 saturated carbocycles. The fourth-order valence-corrected chi connectivity index (χ4v) is 4.16. The third-order valence-electron chi connectivity index (χ3n) is 6.05. The molecule has 0 aliphatic carbocycles. The van der Waals surface area contributed by atoms with Crippen molar-refractivity contribution in [1.82, 2.24) is 25.1 Å². The van der Waals surface area contributed by atoms with Gasteiger partial charge >= 0.3 is 0 Å². The molecule has 5 aromatic rings. The molecule has 0 unspecified atom stereocenters. The van der Waals surface area contributed by atoms with Crippen LogP contribution in [0, 0.1) is 0 Å². The van der Waals surface area contributed by atoms with E-state index in [1.807, 2.05) is 48.5 Å². The lowest BCUT2D eigenvalue weighted by molar-refractivity contribution is -0.120. The zero-order chi connectivity index (χ0) is 24.6. The van der Waals surface area contributed by atoms with Crippen LogP contribution in [-0.2, 0) is 24.2 Å². The molecule has 0 fully saturated rings. The van der Waals surface area contributed by atoms with Gasteiger partial charge in [0.2, 0.25) is 5.91 Å². The molecule has 5 rings (SSSR count). The fraction of sp³-hybridized carbons (Fsp3) is 0.172. The van der Waals surface area contributed by atoms with Crippen LogP contribution in [0.25, 0.3) is 22.2 Å². The monoisotopic (exact) mass is 476 g/mol. The lowest BCUT2D eigenvalue weighted by Gasteiger charge is -2.08. The minimum atomic E-state index is -0.0168. The maximum Gasteiger partial charge on any atom is 0.224 e. The quantitative estimate of drug-likeness (QED) is 0.310. The molecule has 2 N–H and O–H groups in total. The number of anilines is 1. The molecule has 2 heterocycles. The van der Waals surface area contributed by atoms with E-state index in [0.29, 0.717) is 19.5 Å². The van der Waals surface area contributed by atoms with Crippen molar-refractivity contribution in [3.8, 4) is 11.1 Å². The van der Waals surface area contributed by atoms with Crippen molar-refractivity contribution in [2.24, 2.45) is 0 Å². The van der Waals surface area contributed by atoms with Crippen LogP contribution in [0.4, 0.5) is 5.82 Å². The van der Waals surface area contributed by atoms with E-state index in [0.717, 1.165) is 40.9 Å². The average molecular weight is 477 g/mol. The lowest BCUT2D eigenvalue weighted by atomic mass is 10.0. The number of aromatic nitrogens is 4. The number of carbonyl (C=O) groups is 1. The maximum absolute atomic E-state index is 12.5. The second kappa shape index (κ2) is 11.3. The van der Waals surface area contributed by atoms with Crippen LogP contribution in [0.3, 0.4) is 0 Å². The van der Waals surface area contributed by atoms with Crippen molar-refractivity contribution >= 4 is 22.8 Å². The highest BCUT2D eigenvalue weighted by Crippen LogP contribution is 2.20.